The molecule has 0 saturated carbocycles. The van der Waals surface area contributed by atoms with Gasteiger partial charge < -0.3 is 15.3 Å². The lowest BCUT2D eigenvalue weighted by Crippen LogP contribution is -2.49. The van der Waals surface area contributed by atoms with Gasteiger partial charge in [0.1, 0.15) is 0 Å². The number of nitrogens with zero attached hydrogens (tertiary/aromatic N) is 1. The summed E-state index contributed by atoms with van der Waals surface area (Å²) in [6.45, 7) is 8.04. The fourth-order valence-corrected chi connectivity index (χ4v) is 2.75. The molecule has 19 heavy (non-hydrogen) atoms. The molecule has 2 atom stereocenters. The number of aliphatic hydroxyl groups excluding tert-OH is 1. The molecule has 1 aliphatic heterocycles. The van der Waals surface area contributed by atoms with Crippen molar-refractivity contribution in [1.82, 2.24) is 10.2 Å². The normalized spacial score (nSPS) is 20.2. The van der Waals surface area contributed by atoms with Gasteiger partial charge in [-0.2, -0.15) is 0 Å². The zero-order valence-electron chi connectivity index (χ0n) is 12.7. The van der Waals surface area contributed by atoms with Gasteiger partial charge in [0.15, 0.2) is 0 Å². The van der Waals surface area contributed by atoms with Crippen LogP contribution >= 0.6 is 0 Å². The molecule has 1 aliphatic rings. The van der Waals surface area contributed by atoms with Crippen molar-refractivity contribution < 1.29 is 9.90 Å². The van der Waals surface area contributed by atoms with E-state index in [1.807, 2.05) is 11.8 Å². The molecular formula is C15H30N2O2. The van der Waals surface area contributed by atoms with Crippen LogP contribution in [0.25, 0.3) is 0 Å². The summed E-state index contributed by atoms with van der Waals surface area (Å²) in [7, 11) is 0. The second-order valence-electron chi connectivity index (χ2n) is 6.14. The van der Waals surface area contributed by atoms with E-state index in [2.05, 4.69) is 19.2 Å². The van der Waals surface area contributed by atoms with Crippen LogP contribution in [0.1, 0.15) is 52.9 Å². The molecule has 1 amide bonds. The summed E-state index contributed by atoms with van der Waals surface area (Å²) in [5, 5.41) is 12.6. The summed E-state index contributed by atoms with van der Waals surface area (Å²) in [6.07, 6.45) is 5.60. The highest BCUT2D eigenvalue weighted by Crippen LogP contribution is 2.11. The first-order valence-corrected chi connectivity index (χ1v) is 7.70. The zero-order chi connectivity index (χ0) is 14.3. The van der Waals surface area contributed by atoms with E-state index < -0.39 is 0 Å². The van der Waals surface area contributed by atoms with E-state index in [1.54, 1.807) is 0 Å². The van der Waals surface area contributed by atoms with E-state index in [9.17, 15) is 9.90 Å². The van der Waals surface area contributed by atoms with Crippen LogP contribution in [-0.2, 0) is 4.79 Å². The van der Waals surface area contributed by atoms with Gasteiger partial charge in [-0.05, 0) is 32.1 Å². The van der Waals surface area contributed by atoms with Gasteiger partial charge in [-0.1, -0.05) is 26.7 Å². The van der Waals surface area contributed by atoms with Crippen LogP contribution in [0.5, 0.6) is 0 Å². The topological polar surface area (TPSA) is 52.6 Å². The number of carbonyl (C=O) groups excluding carboxylic acids is 1. The highest BCUT2D eigenvalue weighted by Gasteiger charge is 2.23. The van der Waals surface area contributed by atoms with Crippen molar-refractivity contribution in [2.75, 3.05) is 19.7 Å². The number of rotatable bonds is 6. The van der Waals surface area contributed by atoms with Crippen LogP contribution in [0.4, 0.5) is 0 Å². The Labute approximate surface area is 117 Å². The van der Waals surface area contributed by atoms with Crippen molar-refractivity contribution in [1.29, 1.82) is 0 Å². The SMILES string of the molecule is CC(C)CC(CO)NC(C)C(=O)N1CCCCCC1. The van der Waals surface area contributed by atoms with Crippen LogP contribution in [0, 0.1) is 5.92 Å². The lowest BCUT2D eigenvalue weighted by atomic mass is 10.0. The summed E-state index contributed by atoms with van der Waals surface area (Å²) < 4.78 is 0. The first-order chi connectivity index (χ1) is 9.04. The third-order valence-corrected chi connectivity index (χ3v) is 3.75. The molecule has 0 radical (unpaired) electrons. The smallest absolute Gasteiger partial charge is 0.239 e. The average Bonchev–Trinajstić information content (AvgIpc) is 2.65. The van der Waals surface area contributed by atoms with Gasteiger partial charge in [-0.25, -0.2) is 0 Å². The molecule has 0 aromatic carbocycles. The molecule has 1 rings (SSSR count). The highest BCUT2D eigenvalue weighted by molar-refractivity contribution is 5.81. The van der Waals surface area contributed by atoms with Gasteiger partial charge in [0.2, 0.25) is 5.91 Å². The summed E-state index contributed by atoms with van der Waals surface area (Å²) in [5.74, 6) is 0.703. The molecule has 0 bridgehead atoms. The first kappa shape index (κ1) is 16.4. The minimum atomic E-state index is -0.200. The van der Waals surface area contributed by atoms with Crippen LogP contribution < -0.4 is 5.32 Å². The van der Waals surface area contributed by atoms with Gasteiger partial charge >= 0.3 is 0 Å². The molecule has 0 aliphatic carbocycles. The quantitative estimate of drug-likeness (QED) is 0.773. The van der Waals surface area contributed by atoms with Crippen molar-refractivity contribution in [2.45, 2.75) is 65.0 Å². The van der Waals surface area contributed by atoms with E-state index in [0.29, 0.717) is 5.92 Å². The number of hydrogen-bond acceptors (Lipinski definition) is 3. The molecule has 2 N–H and O–H groups in total. The third kappa shape index (κ3) is 5.91. The molecule has 4 heteroatoms. The second-order valence-corrected chi connectivity index (χ2v) is 6.14. The Kier molecular flexibility index (Phi) is 7.39. The van der Waals surface area contributed by atoms with Crippen molar-refractivity contribution in [3.05, 3.63) is 0 Å². The lowest BCUT2D eigenvalue weighted by molar-refractivity contribution is -0.133. The molecule has 1 saturated heterocycles. The molecule has 0 aromatic heterocycles. The number of hydrogen-bond donors (Lipinski definition) is 2. The predicted molar refractivity (Wildman–Crippen MR) is 78.0 cm³/mol. The maximum atomic E-state index is 12.4. The molecule has 0 spiro atoms. The van der Waals surface area contributed by atoms with Crippen molar-refractivity contribution >= 4 is 5.91 Å². The zero-order valence-corrected chi connectivity index (χ0v) is 12.7. The van der Waals surface area contributed by atoms with E-state index in [0.717, 1.165) is 32.4 Å². The fourth-order valence-electron chi connectivity index (χ4n) is 2.75. The summed E-state index contributed by atoms with van der Waals surface area (Å²) in [5.41, 5.74) is 0. The molecular weight excluding hydrogens is 240 g/mol. The molecule has 1 fully saturated rings. The Hall–Kier alpha value is -0.610. The van der Waals surface area contributed by atoms with E-state index in [4.69, 9.17) is 0 Å². The Morgan fingerprint density at radius 3 is 2.21 bits per heavy atom. The molecule has 2 unspecified atom stereocenters. The largest absolute Gasteiger partial charge is 0.395 e. The second kappa shape index (κ2) is 8.54. The molecule has 0 aromatic rings. The Morgan fingerprint density at radius 2 is 1.74 bits per heavy atom. The monoisotopic (exact) mass is 270 g/mol. The molecule has 4 nitrogen and oxygen atoms in total. The number of aliphatic hydroxyl groups is 1. The Bertz CT molecular complexity index is 261. The van der Waals surface area contributed by atoms with Crippen molar-refractivity contribution in [3.8, 4) is 0 Å². The van der Waals surface area contributed by atoms with Crippen LogP contribution in [-0.4, -0.2) is 47.7 Å². The number of likely N-dealkylation sites (tertiary alicyclic amines) is 1. The number of amides is 1. The Balaban J connectivity index is 2.45. The van der Waals surface area contributed by atoms with Gasteiger partial charge in [0.25, 0.3) is 0 Å². The minimum Gasteiger partial charge on any atom is -0.395 e. The molecule has 1 heterocycles. The first-order valence-electron chi connectivity index (χ1n) is 7.70. The van der Waals surface area contributed by atoms with Crippen LogP contribution in [0.15, 0.2) is 0 Å². The summed E-state index contributed by atoms with van der Waals surface area (Å²) in [6, 6.07) is -0.181. The van der Waals surface area contributed by atoms with Gasteiger partial charge in [-0.15, -0.1) is 0 Å². The number of carbonyl (C=O) groups is 1. The van der Waals surface area contributed by atoms with Crippen molar-refractivity contribution in [2.24, 2.45) is 5.92 Å². The van der Waals surface area contributed by atoms with E-state index in [1.165, 1.54) is 12.8 Å². The summed E-state index contributed by atoms with van der Waals surface area (Å²) >= 11 is 0. The average molecular weight is 270 g/mol. The Morgan fingerprint density at radius 1 is 1.16 bits per heavy atom. The molecule has 112 valence electrons. The lowest BCUT2D eigenvalue weighted by Gasteiger charge is -2.28. The van der Waals surface area contributed by atoms with Crippen LogP contribution in [0.3, 0.4) is 0 Å². The van der Waals surface area contributed by atoms with Crippen LogP contribution in [0.2, 0.25) is 0 Å². The van der Waals surface area contributed by atoms with E-state index >= 15 is 0 Å². The van der Waals surface area contributed by atoms with Crippen molar-refractivity contribution in [3.63, 3.8) is 0 Å². The maximum absolute atomic E-state index is 12.4. The summed E-state index contributed by atoms with van der Waals surface area (Å²) in [4.78, 5) is 14.4. The maximum Gasteiger partial charge on any atom is 0.239 e. The minimum absolute atomic E-state index is 0.0194. The highest BCUT2D eigenvalue weighted by atomic mass is 16.3. The van der Waals surface area contributed by atoms with Gasteiger partial charge in [0.05, 0.1) is 12.6 Å². The van der Waals surface area contributed by atoms with E-state index in [-0.39, 0.29) is 24.6 Å². The fraction of sp³-hybridized carbons (Fsp3) is 0.933. The van der Waals surface area contributed by atoms with Gasteiger partial charge in [0, 0.05) is 19.1 Å². The third-order valence-electron chi connectivity index (χ3n) is 3.75. The predicted octanol–water partition coefficient (Wildman–Crippen LogP) is 1.77. The number of nitrogens with one attached hydrogen (secondary N) is 1. The van der Waals surface area contributed by atoms with Gasteiger partial charge in [-0.3, -0.25) is 4.79 Å². The standard InChI is InChI=1S/C15H30N2O2/c1-12(2)10-14(11-18)16-13(3)15(19)17-8-6-4-5-7-9-17/h12-14,16,18H,4-11H2,1-3H3.